The predicted molar refractivity (Wildman–Crippen MR) is 118 cm³/mol. The van der Waals surface area contributed by atoms with Crippen LogP contribution in [-0.2, 0) is 16.4 Å². The van der Waals surface area contributed by atoms with Crippen LogP contribution in [-0.4, -0.2) is 24.6 Å². The van der Waals surface area contributed by atoms with Crippen molar-refractivity contribution < 1.29 is 26.4 Å². The summed E-state index contributed by atoms with van der Waals surface area (Å²) >= 11 is 0.966. The summed E-state index contributed by atoms with van der Waals surface area (Å²) in [5.41, 5.74) is 0.173. The SMILES string of the molecule is CC(C)S(=O)(=O)c1ccc(C(=O)N(Cc2ccco2)c2nc3c(F)cc(F)cc3s2)cc1. The molecule has 0 aliphatic carbocycles. The molecule has 32 heavy (non-hydrogen) atoms. The number of nitrogens with zero attached hydrogens (tertiary/aromatic N) is 2. The van der Waals surface area contributed by atoms with Gasteiger partial charge < -0.3 is 4.42 Å². The van der Waals surface area contributed by atoms with Crippen molar-refractivity contribution in [2.24, 2.45) is 0 Å². The summed E-state index contributed by atoms with van der Waals surface area (Å²) in [7, 11) is -3.49. The molecular weight excluding hydrogens is 458 g/mol. The molecule has 0 unspecified atom stereocenters. The molecule has 2 aromatic carbocycles. The number of carbonyl (C=O) groups is 1. The Labute approximate surface area is 187 Å². The largest absolute Gasteiger partial charge is 0.467 e. The van der Waals surface area contributed by atoms with E-state index in [0.717, 1.165) is 23.5 Å². The number of thiazole rings is 1. The number of hydrogen-bond acceptors (Lipinski definition) is 6. The highest BCUT2D eigenvalue weighted by atomic mass is 32.2. The molecule has 0 N–H and O–H groups in total. The van der Waals surface area contributed by atoms with Crippen molar-refractivity contribution >= 4 is 42.4 Å². The predicted octanol–water partition coefficient (Wildman–Crippen LogP) is 5.20. The van der Waals surface area contributed by atoms with E-state index in [9.17, 15) is 22.0 Å². The zero-order valence-corrected chi connectivity index (χ0v) is 18.7. The van der Waals surface area contributed by atoms with Gasteiger partial charge in [-0.3, -0.25) is 9.69 Å². The number of anilines is 1. The number of aromatic nitrogens is 1. The van der Waals surface area contributed by atoms with Crippen molar-refractivity contribution in [3.05, 3.63) is 77.8 Å². The maximum Gasteiger partial charge on any atom is 0.260 e. The molecule has 0 radical (unpaired) electrons. The Morgan fingerprint density at radius 1 is 1.16 bits per heavy atom. The van der Waals surface area contributed by atoms with E-state index in [-0.39, 0.29) is 32.4 Å². The number of amides is 1. The maximum absolute atomic E-state index is 14.2. The van der Waals surface area contributed by atoms with E-state index in [2.05, 4.69) is 4.98 Å². The van der Waals surface area contributed by atoms with Crippen LogP contribution in [0.3, 0.4) is 0 Å². The highest BCUT2D eigenvalue weighted by Crippen LogP contribution is 2.33. The van der Waals surface area contributed by atoms with Crippen molar-refractivity contribution in [3.8, 4) is 0 Å². The summed E-state index contributed by atoms with van der Waals surface area (Å²) in [4.78, 5) is 18.9. The van der Waals surface area contributed by atoms with Crippen molar-refractivity contribution in [1.82, 2.24) is 4.98 Å². The van der Waals surface area contributed by atoms with Gasteiger partial charge in [-0.15, -0.1) is 0 Å². The summed E-state index contributed by atoms with van der Waals surface area (Å²) in [6.45, 7) is 3.16. The van der Waals surface area contributed by atoms with Gasteiger partial charge in [-0.05, 0) is 56.3 Å². The average Bonchev–Trinajstić information content (AvgIpc) is 3.41. The third-order valence-electron chi connectivity index (χ3n) is 4.82. The Kier molecular flexibility index (Phi) is 5.83. The van der Waals surface area contributed by atoms with Crippen LogP contribution in [0.2, 0.25) is 0 Å². The molecule has 1 amide bonds. The second-order valence-corrected chi connectivity index (χ2v) is 10.8. The molecular formula is C22H18F2N2O4S2. The molecule has 2 heterocycles. The van der Waals surface area contributed by atoms with Gasteiger partial charge in [0.25, 0.3) is 5.91 Å². The number of hydrogen-bond donors (Lipinski definition) is 0. The fourth-order valence-electron chi connectivity index (χ4n) is 3.06. The number of benzene rings is 2. The highest BCUT2D eigenvalue weighted by Gasteiger charge is 2.25. The minimum absolute atomic E-state index is 0.00179. The van der Waals surface area contributed by atoms with E-state index in [1.165, 1.54) is 35.4 Å². The highest BCUT2D eigenvalue weighted by molar-refractivity contribution is 7.92. The number of sulfone groups is 1. The van der Waals surface area contributed by atoms with Crippen LogP contribution >= 0.6 is 11.3 Å². The van der Waals surface area contributed by atoms with Gasteiger partial charge in [0.05, 0.1) is 27.7 Å². The summed E-state index contributed by atoms with van der Waals surface area (Å²) in [5, 5.41) is -0.442. The van der Waals surface area contributed by atoms with Crippen molar-refractivity contribution in [1.29, 1.82) is 0 Å². The van der Waals surface area contributed by atoms with E-state index >= 15 is 0 Å². The number of carbonyl (C=O) groups excluding carboxylic acids is 1. The Morgan fingerprint density at radius 3 is 2.50 bits per heavy atom. The molecule has 10 heteroatoms. The molecule has 166 valence electrons. The Hall–Kier alpha value is -3.11. The van der Waals surface area contributed by atoms with Crippen LogP contribution in [0.4, 0.5) is 13.9 Å². The monoisotopic (exact) mass is 476 g/mol. The lowest BCUT2D eigenvalue weighted by Gasteiger charge is -2.19. The van der Waals surface area contributed by atoms with Gasteiger partial charge in [0.1, 0.15) is 17.1 Å². The zero-order valence-electron chi connectivity index (χ0n) is 17.1. The first-order valence-corrected chi connectivity index (χ1v) is 12.0. The summed E-state index contributed by atoms with van der Waals surface area (Å²) < 4.78 is 58.1. The maximum atomic E-state index is 14.2. The molecule has 0 spiro atoms. The molecule has 0 atom stereocenters. The zero-order chi connectivity index (χ0) is 23.0. The third kappa shape index (κ3) is 4.15. The molecule has 0 saturated heterocycles. The molecule has 2 aromatic heterocycles. The lowest BCUT2D eigenvalue weighted by molar-refractivity contribution is 0.0983. The van der Waals surface area contributed by atoms with Gasteiger partial charge >= 0.3 is 0 Å². The Balaban J connectivity index is 1.74. The second-order valence-electron chi connectivity index (χ2n) is 7.32. The first-order valence-electron chi connectivity index (χ1n) is 9.60. The molecule has 6 nitrogen and oxygen atoms in total. The van der Waals surface area contributed by atoms with E-state index < -0.39 is 32.6 Å². The molecule has 0 saturated carbocycles. The minimum atomic E-state index is -3.49. The topological polar surface area (TPSA) is 80.5 Å². The molecule has 4 aromatic rings. The van der Waals surface area contributed by atoms with E-state index in [1.807, 2.05) is 0 Å². The van der Waals surface area contributed by atoms with Gasteiger partial charge in [0.2, 0.25) is 0 Å². The first kappa shape index (κ1) is 22.1. The molecule has 0 fully saturated rings. The van der Waals surface area contributed by atoms with Crippen LogP contribution < -0.4 is 4.90 Å². The smallest absolute Gasteiger partial charge is 0.260 e. The van der Waals surface area contributed by atoms with Gasteiger partial charge in [0, 0.05) is 11.6 Å². The van der Waals surface area contributed by atoms with Crippen LogP contribution in [0.15, 0.2) is 64.1 Å². The summed E-state index contributed by atoms with van der Waals surface area (Å²) in [5.74, 6) is -1.59. The first-order chi connectivity index (χ1) is 15.2. The Bertz CT molecular complexity index is 1380. The normalized spacial score (nSPS) is 11.9. The number of fused-ring (bicyclic) bond motifs is 1. The van der Waals surface area contributed by atoms with Crippen LogP contribution in [0.1, 0.15) is 30.0 Å². The lowest BCUT2D eigenvalue weighted by atomic mass is 10.2. The van der Waals surface area contributed by atoms with Crippen molar-refractivity contribution in [2.45, 2.75) is 30.5 Å². The second kappa shape index (κ2) is 8.44. The van der Waals surface area contributed by atoms with Crippen molar-refractivity contribution in [3.63, 3.8) is 0 Å². The van der Waals surface area contributed by atoms with Gasteiger partial charge in [-0.2, -0.15) is 0 Å². The summed E-state index contributed by atoms with van der Waals surface area (Å²) in [6, 6.07) is 10.8. The number of halogens is 2. The quantitative estimate of drug-likeness (QED) is 0.382. The minimum Gasteiger partial charge on any atom is -0.467 e. The van der Waals surface area contributed by atoms with Crippen LogP contribution in [0.25, 0.3) is 10.2 Å². The molecule has 0 bridgehead atoms. The van der Waals surface area contributed by atoms with E-state index in [0.29, 0.717) is 5.76 Å². The van der Waals surface area contributed by atoms with E-state index in [1.54, 1.807) is 26.0 Å². The van der Waals surface area contributed by atoms with Crippen LogP contribution in [0, 0.1) is 11.6 Å². The average molecular weight is 477 g/mol. The lowest BCUT2D eigenvalue weighted by Crippen LogP contribution is -2.30. The third-order valence-corrected chi connectivity index (χ3v) is 8.02. The number of furan rings is 1. The van der Waals surface area contributed by atoms with Crippen LogP contribution in [0.5, 0.6) is 0 Å². The summed E-state index contributed by atoms with van der Waals surface area (Å²) in [6.07, 6.45) is 1.46. The van der Waals surface area contributed by atoms with Gasteiger partial charge in [0.15, 0.2) is 20.8 Å². The fraction of sp³-hybridized carbons (Fsp3) is 0.182. The number of rotatable bonds is 6. The van der Waals surface area contributed by atoms with Crippen molar-refractivity contribution in [2.75, 3.05) is 4.90 Å². The Morgan fingerprint density at radius 2 is 1.88 bits per heavy atom. The van der Waals surface area contributed by atoms with Gasteiger partial charge in [-0.25, -0.2) is 22.2 Å². The fourth-order valence-corrected chi connectivity index (χ4v) is 5.12. The standard InChI is InChI=1S/C22H18F2N2O4S2/c1-13(2)32(28,29)17-7-5-14(6-8-17)21(27)26(12-16-4-3-9-30-16)22-25-20-18(24)10-15(23)11-19(20)31-22/h3-11,13H,12H2,1-2H3. The van der Waals surface area contributed by atoms with Gasteiger partial charge in [-0.1, -0.05) is 11.3 Å². The molecule has 0 aliphatic heterocycles. The molecule has 4 rings (SSSR count). The molecule has 0 aliphatic rings. The van der Waals surface area contributed by atoms with E-state index in [4.69, 9.17) is 4.42 Å².